The van der Waals surface area contributed by atoms with Gasteiger partial charge in [0.05, 0.1) is 0 Å². The summed E-state index contributed by atoms with van der Waals surface area (Å²) in [7, 11) is 1.25. The van der Waals surface area contributed by atoms with Crippen LogP contribution in [0.5, 0.6) is 0 Å². The van der Waals surface area contributed by atoms with E-state index in [9.17, 15) is 14.4 Å². The number of carboxylic acids is 1. The number of hydrogen-bond donors (Lipinski definition) is 3. The molecule has 132 valence electrons. The van der Waals surface area contributed by atoms with Gasteiger partial charge in [0.25, 0.3) is 11.8 Å². The van der Waals surface area contributed by atoms with E-state index in [2.05, 4.69) is 24.7 Å². The van der Waals surface area contributed by atoms with Crippen molar-refractivity contribution in [2.24, 2.45) is 5.16 Å². The highest BCUT2D eigenvalue weighted by molar-refractivity contribution is 8.00. The Kier molecular flexibility index (Phi) is 4.59. The lowest BCUT2D eigenvalue weighted by atomic mass is 10.0. The van der Waals surface area contributed by atoms with Gasteiger partial charge in [-0.1, -0.05) is 5.16 Å². The molecule has 1 aromatic heterocycles. The molecule has 2 aliphatic rings. The third kappa shape index (κ3) is 3.02. The minimum absolute atomic E-state index is 0.0205. The number of fused-ring (bicyclic) bond motifs is 1. The SMILES string of the molecule is CON=C(C(=O)NC1C(=O)N2C(C(=O)O)=CCS[C@@H]12)c1nsc(N)n1. The lowest BCUT2D eigenvalue weighted by Gasteiger charge is -2.48. The van der Waals surface area contributed by atoms with Crippen LogP contribution in [-0.4, -0.2) is 67.1 Å². The second-order valence-corrected chi connectivity index (χ2v) is 6.79. The summed E-state index contributed by atoms with van der Waals surface area (Å²) in [6.45, 7) is 0. The number of aromatic nitrogens is 2. The summed E-state index contributed by atoms with van der Waals surface area (Å²) in [6.07, 6.45) is 1.46. The first-order valence-electron chi connectivity index (χ1n) is 6.83. The zero-order valence-electron chi connectivity index (χ0n) is 12.7. The standard InChI is InChI=1S/C12H12N6O5S2/c1-23-16-5(7-15-12(13)25-17-7)8(19)14-6-9(20)18-4(11(21)22)2-3-24-10(6)18/h2,6,10H,3H2,1H3,(H,14,19)(H,21,22)(H2,13,15,17)/t6?,10-/m0/s1. The molecule has 2 atom stereocenters. The Morgan fingerprint density at radius 2 is 2.32 bits per heavy atom. The van der Waals surface area contributed by atoms with Crippen LogP contribution in [0.4, 0.5) is 5.13 Å². The molecule has 25 heavy (non-hydrogen) atoms. The number of hydrogen-bond acceptors (Lipinski definition) is 10. The number of aliphatic carboxylic acids is 1. The number of rotatable bonds is 5. The Labute approximate surface area is 149 Å². The van der Waals surface area contributed by atoms with Crippen LogP contribution in [0.2, 0.25) is 0 Å². The lowest BCUT2D eigenvalue weighted by Crippen LogP contribution is -2.70. The molecule has 13 heteroatoms. The third-order valence-corrected chi connectivity index (χ3v) is 5.13. The number of β-lactam (4-membered cyclic amide) rings is 1. The second kappa shape index (κ2) is 6.68. The number of amides is 2. The van der Waals surface area contributed by atoms with Crippen LogP contribution in [0.1, 0.15) is 5.82 Å². The van der Waals surface area contributed by atoms with E-state index < -0.39 is 29.2 Å². The van der Waals surface area contributed by atoms with Crippen molar-refractivity contribution in [3.63, 3.8) is 0 Å². The average Bonchev–Trinajstić information content (AvgIpc) is 3.02. The van der Waals surface area contributed by atoms with Gasteiger partial charge in [0.15, 0.2) is 5.13 Å². The molecule has 0 bridgehead atoms. The Bertz CT molecular complexity index is 806. The van der Waals surface area contributed by atoms with Crippen molar-refractivity contribution in [1.82, 2.24) is 19.6 Å². The topological polar surface area (TPSA) is 160 Å². The van der Waals surface area contributed by atoms with Gasteiger partial charge < -0.3 is 21.0 Å². The van der Waals surface area contributed by atoms with Crippen LogP contribution in [-0.2, 0) is 19.2 Å². The maximum absolute atomic E-state index is 12.4. The molecule has 0 aliphatic carbocycles. The van der Waals surface area contributed by atoms with Crippen molar-refractivity contribution in [2.45, 2.75) is 11.4 Å². The molecule has 2 amide bonds. The van der Waals surface area contributed by atoms with E-state index in [-0.39, 0.29) is 22.4 Å². The van der Waals surface area contributed by atoms with Gasteiger partial charge in [-0.2, -0.15) is 9.36 Å². The first kappa shape index (κ1) is 17.2. The third-order valence-electron chi connectivity index (χ3n) is 3.40. The Balaban J connectivity index is 1.75. The molecule has 0 aromatic carbocycles. The molecule has 3 rings (SSSR count). The van der Waals surface area contributed by atoms with Gasteiger partial charge in [0, 0.05) is 17.3 Å². The number of nitrogens with two attached hydrogens (primary N) is 1. The maximum atomic E-state index is 12.4. The molecule has 2 aliphatic heterocycles. The number of nitrogen functional groups attached to an aromatic ring is 1. The number of nitrogens with one attached hydrogen (secondary N) is 1. The smallest absolute Gasteiger partial charge is 0.352 e. The summed E-state index contributed by atoms with van der Waals surface area (Å²) >= 11 is 2.23. The highest BCUT2D eigenvalue weighted by Gasteiger charge is 2.53. The molecule has 1 fully saturated rings. The van der Waals surface area contributed by atoms with Crippen LogP contribution in [0.15, 0.2) is 16.9 Å². The van der Waals surface area contributed by atoms with E-state index in [1.54, 1.807) is 0 Å². The molecule has 4 N–H and O–H groups in total. The van der Waals surface area contributed by atoms with Gasteiger partial charge >= 0.3 is 5.97 Å². The molecule has 1 aromatic rings. The van der Waals surface area contributed by atoms with Gasteiger partial charge in [-0.05, 0) is 6.08 Å². The number of anilines is 1. The summed E-state index contributed by atoms with van der Waals surface area (Å²) in [5.74, 6) is -2.02. The van der Waals surface area contributed by atoms with Crippen molar-refractivity contribution in [2.75, 3.05) is 18.6 Å². The minimum atomic E-state index is -1.19. The predicted octanol–water partition coefficient (Wildman–Crippen LogP) is -1.16. The van der Waals surface area contributed by atoms with Crippen molar-refractivity contribution >= 4 is 51.9 Å². The molecule has 1 unspecified atom stereocenters. The Hall–Kier alpha value is -2.67. The number of carbonyl (C=O) groups is 3. The van der Waals surface area contributed by atoms with E-state index in [1.807, 2.05) is 0 Å². The minimum Gasteiger partial charge on any atom is -0.477 e. The van der Waals surface area contributed by atoms with Gasteiger partial charge in [-0.25, -0.2) is 4.79 Å². The number of carboxylic acid groups (broad SMARTS) is 1. The normalized spacial score (nSPS) is 22.6. The number of nitrogens with zero attached hydrogens (tertiary/aromatic N) is 4. The molecule has 0 radical (unpaired) electrons. The molecule has 1 saturated heterocycles. The fourth-order valence-electron chi connectivity index (χ4n) is 2.35. The van der Waals surface area contributed by atoms with Gasteiger partial charge in [0.2, 0.25) is 11.5 Å². The summed E-state index contributed by atoms with van der Waals surface area (Å²) in [5, 5.41) is 14.9. The van der Waals surface area contributed by atoms with Gasteiger partial charge in [0.1, 0.15) is 24.2 Å². The molecule has 0 saturated carbocycles. The Morgan fingerprint density at radius 1 is 1.56 bits per heavy atom. The van der Waals surface area contributed by atoms with E-state index in [0.29, 0.717) is 5.75 Å². The van der Waals surface area contributed by atoms with E-state index >= 15 is 0 Å². The van der Waals surface area contributed by atoms with Crippen molar-refractivity contribution in [3.8, 4) is 0 Å². The van der Waals surface area contributed by atoms with Crippen LogP contribution in [0, 0.1) is 0 Å². The number of thioether (sulfide) groups is 1. The van der Waals surface area contributed by atoms with Crippen molar-refractivity contribution < 1.29 is 24.3 Å². The van der Waals surface area contributed by atoms with Crippen LogP contribution >= 0.6 is 23.3 Å². The van der Waals surface area contributed by atoms with Crippen LogP contribution in [0.3, 0.4) is 0 Å². The van der Waals surface area contributed by atoms with Crippen LogP contribution < -0.4 is 11.1 Å². The largest absolute Gasteiger partial charge is 0.477 e. The van der Waals surface area contributed by atoms with Crippen LogP contribution in [0.25, 0.3) is 0 Å². The fraction of sp³-hybridized carbons (Fsp3) is 0.333. The molecule has 3 heterocycles. The summed E-state index contributed by atoms with van der Waals surface area (Å²) in [4.78, 5) is 45.5. The maximum Gasteiger partial charge on any atom is 0.352 e. The highest BCUT2D eigenvalue weighted by atomic mass is 32.2. The quantitative estimate of drug-likeness (QED) is 0.323. The molecular formula is C12H12N6O5S2. The van der Waals surface area contributed by atoms with E-state index in [1.165, 1.54) is 24.9 Å². The van der Waals surface area contributed by atoms with E-state index in [0.717, 1.165) is 16.4 Å². The van der Waals surface area contributed by atoms with Crippen molar-refractivity contribution in [1.29, 1.82) is 0 Å². The van der Waals surface area contributed by atoms with Crippen molar-refractivity contribution in [3.05, 3.63) is 17.6 Å². The summed E-state index contributed by atoms with van der Waals surface area (Å²) < 4.78 is 3.89. The van der Waals surface area contributed by atoms with E-state index in [4.69, 9.17) is 10.8 Å². The zero-order valence-corrected chi connectivity index (χ0v) is 14.3. The molecule has 0 spiro atoms. The summed E-state index contributed by atoms with van der Waals surface area (Å²) in [5.41, 5.74) is 5.19. The van der Waals surface area contributed by atoms with Gasteiger partial charge in [-0.15, -0.1) is 11.8 Å². The number of oxime groups is 1. The monoisotopic (exact) mass is 384 g/mol. The second-order valence-electron chi connectivity index (χ2n) is 4.86. The number of carbonyl (C=O) groups excluding carboxylic acids is 2. The fourth-order valence-corrected chi connectivity index (χ4v) is 3.98. The average molecular weight is 384 g/mol. The summed E-state index contributed by atoms with van der Waals surface area (Å²) in [6, 6.07) is -0.876. The molecular weight excluding hydrogens is 372 g/mol. The Morgan fingerprint density at radius 3 is 2.92 bits per heavy atom. The zero-order chi connectivity index (χ0) is 18.1. The van der Waals surface area contributed by atoms with Gasteiger partial charge in [-0.3, -0.25) is 14.5 Å². The predicted molar refractivity (Wildman–Crippen MR) is 88.6 cm³/mol. The first-order chi connectivity index (χ1) is 11.9. The lowest BCUT2D eigenvalue weighted by molar-refractivity contribution is -0.150. The highest BCUT2D eigenvalue weighted by Crippen LogP contribution is 2.37. The molecule has 11 nitrogen and oxygen atoms in total. The first-order valence-corrected chi connectivity index (χ1v) is 8.66.